The van der Waals surface area contributed by atoms with Crippen molar-refractivity contribution in [3.8, 4) is 5.75 Å². The zero-order chi connectivity index (χ0) is 24.9. The average Bonchev–Trinajstić information content (AvgIpc) is 3.52. The summed E-state index contributed by atoms with van der Waals surface area (Å²) in [4.78, 5) is 6.72. The van der Waals surface area contributed by atoms with Gasteiger partial charge in [0, 0.05) is 35.4 Å². The molecule has 2 atom stereocenters. The van der Waals surface area contributed by atoms with Crippen LogP contribution in [0.15, 0.2) is 48.7 Å². The molecule has 0 radical (unpaired) electrons. The van der Waals surface area contributed by atoms with Gasteiger partial charge in [0.15, 0.2) is 5.11 Å². The number of aromatic nitrogens is 2. The van der Waals surface area contributed by atoms with E-state index in [9.17, 15) is 8.42 Å². The Morgan fingerprint density at radius 1 is 1.17 bits per heavy atom. The van der Waals surface area contributed by atoms with E-state index in [1.807, 2.05) is 30.3 Å². The number of thiocarbonyl (C=S) groups is 1. The van der Waals surface area contributed by atoms with Crippen LogP contribution in [-0.2, 0) is 10.0 Å². The van der Waals surface area contributed by atoms with Crippen molar-refractivity contribution in [1.29, 1.82) is 0 Å². The summed E-state index contributed by atoms with van der Waals surface area (Å²) in [6.45, 7) is 4.33. The molecule has 0 bridgehead atoms. The van der Waals surface area contributed by atoms with Crippen LogP contribution in [0.1, 0.15) is 53.6 Å². The fourth-order valence-corrected chi connectivity index (χ4v) is 5.97. The van der Waals surface area contributed by atoms with Crippen molar-refractivity contribution in [1.82, 2.24) is 14.9 Å². The molecule has 3 aromatic rings. The molecular weight excluding hydrogens is 482 g/mol. The van der Waals surface area contributed by atoms with Gasteiger partial charge in [0.2, 0.25) is 10.0 Å². The number of hydrogen-bond donors (Lipinski definition) is 2. The van der Waals surface area contributed by atoms with E-state index in [-0.39, 0.29) is 12.1 Å². The molecule has 1 saturated heterocycles. The first-order valence-corrected chi connectivity index (χ1v) is 13.8. The van der Waals surface area contributed by atoms with Gasteiger partial charge >= 0.3 is 0 Å². The van der Waals surface area contributed by atoms with Crippen LogP contribution in [-0.4, -0.2) is 36.4 Å². The number of nitrogens with one attached hydrogen (secondary N) is 2. The molecule has 0 amide bonds. The lowest BCUT2D eigenvalue weighted by atomic mass is 9.96. The second-order valence-corrected chi connectivity index (χ2v) is 11.3. The Hall–Kier alpha value is -3.11. The second kappa shape index (κ2) is 8.83. The lowest BCUT2D eigenvalue weighted by molar-refractivity contribution is 0.417. The molecule has 10 heteroatoms. The monoisotopic (exact) mass is 511 g/mol. The van der Waals surface area contributed by atoms with Gasteiger partial charge in [-0.2, -0.15) is 0 Å². The maximum absolute atomic E-state index is 11.8. The smallest absolute Gasteiger partial charge is 0.229 e. The first kappa shape index (κ1) is 23.6. The Kier molecular flexibility index (Phi) is 5.96. The van der Waals surface area contributed by atoms with Gasteiger partial charge in [-0.05, 0) is 74.8 Å². The summed E-state index contributed by atoms with van der Waals surface area (Å²) in [7, 11) is -1.94. The highest BCUT2D eigenvalue weighted by molar-refractivity contribution is 7.92. The lowest BCUT2D eigenvalue weighted by Gasteiger charge is -2.29. The molecule has 184 valence electrons. The predicted octanol–water partition coefficient (Wildman–Crippen LogP) is 4.39. The highest BCUT2D eigenvalue weighted by Crippen LogP contribution is 2.47. The van der Waals surface area contributed by atoms with E-state index in [1.165, 1.54) is 36.9 Å². The van der Waals surface area contributed by atoms with Crippen molar-refractivity contribution < 1.29 is 13.2 Å². The van der Waals surface area contributed by atoms with Crippen molar-refractivity contribution in [2.45, 2.75) is 44.8 Å². The highest BCUT2D eigenvalue weighted by atomic mass is 32.2. The molecule has 0 spiro atoms. The fourth-order valence-electron chi connectivity index (χ4n) is 5.06. The molecule has 5 rings (SSSR count). The van der Waals surface area contributed by atoms with Crippen molar-refractivity contribution in [2.24, 2.45) is 0 Å². The minimum Gasteiger partial charge on any atom is -0.494 e. The molecule has 3 heterocycles. The summed E-state index contributed by atoms with van der Waals surface area (Å²) in [5.74, 6) is 0.416. The Morgan fingerprint density at radius 3 is 2.57 bits per heavy atom. The average molecular weight is 512 g/mol. The van der Waals surface area contributed by atoms with Gasteiger partial charge in [0.1, 0.15) is 5.75 Å². The molecule has 1 saturated carbocycles. The molecule has 2 aromatic heterocycles. The van der Waals surface area contributed by atoms with Gasteiger partial charge in [-0.3, -0.25) is 9.71 Å². The van der Waals surface area contributed by atoms with Gasteiger partial charge in [-0.15, -0.1) is 0 Å². The number of aryl methyl sites for hydroxylation is 1. The molecule has 2 fully saturated rings. The van der Waals surface area contributed by atoms with Gasteiger partial charge in [0.25, 0.3) is 0 Å². The molecule has 2 aliphatic rings. The van der Waals surface area contributed by atoms with E-state index in [2.05, 4.69) is 44.4 Å². The molecule has 8 nitrogen and oxygen atoms in total. The maximum atomic E-state index is 11.8. The van der Waals surface area contributed by atoms with Crippen molar-refractivity contribution in [3.05, 3.63) is 71.3 Å². The van der Waals surface area contributed by atoms with E-state index in [0.29, 0.717) is 22.6 Å². The van der Waals surface area contributed by atoms with Crippen molar-refractivity contribution in [3.63, 3.8) is 0 Å². The normalized spacial score (nSPS) is 20.1. The van der Waals surface area contributed by atoms with Crippen molar-refractivity contribution in [2.75, 3.05) is 23.0 Å². The SMILES string of the molecule is COc1cc(N2C(=S)N[C@H](c3ccccn3)[C@@H]2c2cc(C)n(C3CC3)c2C)ccc1NS(C)(=O)=O. The number of rotatable bonds is 7. The number of methoxy groups -OCH3 is 1. The molecule has 35 heavy (non-hydrogen) atoms. The second-order valence-electron chi connectivity index (χ2n) is 9.18. The fraction of sp³-hybridized carbons (Fsp3) is 0.360. The van der Waals surface area contributed by atoms with Crippen LogP contribution in [0, 0.1) is 13.8 Å². The molecular formula is C25H29N5O3S2. The van der Waals surface area contributed by atoms with E-state index < -0.39 is 10.0 Å². The number of pyridine rings is 1. The van der Waals surface area contributed by atoms with Crippen LogP contribution in [0.2, 0.25) is 0 Å². The van der Waals surface area contributed by atoms with Gasteiger partial charge in [0.05, 0.1) is 36.8 Å². The highest BCUT2D eigenvalue weighted by Gasteiger charge is 2.43. The Balaban J connectivity index is 1.63. The summed E-state index contributed by atoms with van der Waals surface area (Å²) < 4.78 is 34.1. The summed E-state index contributed by atoms with van der Waals surface area (Å²) in [5.41, 5.74) is 5.74. The first-order chi connectivity index (χ1) is 16.7. The molecule has 1 aliphatic carbocycles. The number of anilines is 2. The summed E-state index contributed by atoms with van der Waals surface area (Å²) >= 11 is 5.85. The largest absolute Gasteiger partial charge is 0.494 e. The predicted molar refractivity (Wildman–Crippen MR) is 142 cm³/mol. The third-order valence-corrected chi connectivity index (χ3v) is 7.52. The van der Waals surface area contributed by atoms with Crippen molar-refractivity contribution >= 4 is 38.7 Å². The molecule has 1 aliphatic heterocycles. The minimum atomic E-state index is -3.45. The zero-order valence-corrected chi connectivity index (χ0v) is 21.8. The number of nitrogens with zero attached hydrogens (tertiary/aromatic N) is 3. The van der Waals surface area contributed by atoms with E-state index in [0.717, 1.165) is 17.6 Å². The molecule has 0 unspecified atom stereocenters. The maximum Gasteiger partial charge on any atom is 0.229 e. The first-order valence-electron chi connectivity index (χ1n) is 11.5. The Labute approximate surface area is 211 Å². The third kappa shape index (κ3) is 4.48. The van der Waals surface area contributed by atoms with Crippen LogP contribution in [0.4, 0.5) is 11.4 Å². The topological polar surface area (TPSA) is 88.5 Å². The van der Waals surface area contributed by atoms with Gasteiger partial charge < -0.3 is 19.5 Å². The number of hydrogen-bond acceptors (Lipinski definition) is 5. The Bertz CT molecular complexity index is 1380. The van der Waals surface area contributed by atoms with Gasteiger partial charge in [-0.1, -0.05) is 6.07 Å². The van der Waals surface area contributed by atoms with Crippen LogP contribution >= 0.6 is 12.2 Å². The minimum absolute atomic E-state index is 0.144. The quantitative estimate of drug-likeness (QED) is 0.455. The van der Waals surface area contributed by atoms with Crippen LogP contribution < -0.4 is 19.7 Å². The lowest BCUT2D eigenvalue weighted by Crippen LogP contribution is -2.29. The van der Waals surface area contributed by atoms with E-state index in [4.69, 9.17) is 17.0 Å². The Morgan fingerprint density at radius 2 is 1.94 bits per heavy atom. The standard InChI is InChI=1S/C25H29N5O3S2/c1-15-13-19(16(2)29(15)17-8-9-17)24-23(21-7-5-6-12-26-21)27-25(34)30(24)18-10-11-20(22(14-18)33-3)28-35(4,31)32/h5-7,10-14,17,23-24,28H,8-9H2,1-4H3,(H,27,34)/t23-,24+/m1/s1. The number of sulfonamides is 1. The summed E-state index contributed by atoms with van der Waals surface area (Å²) in [5, 5.41) is 4.07. The van der Waals surface area contributed by atoms with E-state index >= 15 is 0 Å². The number of benzene rings is 1. The summed E-state index contributed by atoms with van der Waals surface area (Å²) in [6, 6.07) is 13.8. The van der Waals surface area contributed by atoms with Crippen LogP contribution in [0.5, 0.6) is 5.75 Å². The van der Waals surface area contributed by atoms with Gasteiger partial charge in [-0.25, -0.2) is 8.42 Å². The molecule has 1 aromatic carbocycles. The van der Waals surface area contributed by atoms with Crippen LogP contribution in [0.25, 0.3) is 0 Å². The summed E-state index contributed by atoms with van der Waals surface area (Å²) in [6.07, 6.45) is 5.32. The third-order valence-electron chi connectivity index (χ3n) is 6.61. The number of ether oxygens (including phenoxy) is 1. The zero-order valence-electron chi connectivity index (χ0n) is 20.1. The van der Waals surface area contributed by atoms with Crippen LogP contribution in [0.3, 0.4) is 0 Å². The van der Waals surface area contributed by atoms with E-state index in [1.54, 1.807) is 12.3 Å². The molecule has 2 N–H and O–H groups in total.